The number of halogens is 3. The zero-order chi connectivity index (χ0) is 27.4. The maximum absolute atomic E-state index is 15.7. The molecule has 1 spiro atoms. The molecule has 0 bridgehead atoms. The fourth-order valence-corrected chi connectivity index (χ4v) is 6.25. The minimum Gasteiger partial charge on any atom is -0.329 e. The van der Waals surface area contributed by atoms with E-state index in [9.17, 15) is 14.4 Å². The molecule has 1 unspecified atom stereocenters. The lowest BCUT2D eigenvalue weighted by atomic mass is 9.62. The highest BCUT2D eigenvalue weighted by atomic mass is 35.5. The van der Waals surface area contributed by atoms with Crippen LogP contribution in [0.5, 0.6) is 0 Å². The molecule has 1 saturated heterocycles. The number of carbonyl (C=O) groups is 2. The second kappa shape index (κ2) is 9.52. The van der Waals surface area contributed by atoms with Crippen molar-refractivity contribution in [3.05, 3.63) is 92.1 Å². The Labute approximate surface area is 229 Å². The third-order valence-electron chi connectivity index (χ3n) is 7.26. The molecule has 1 fully saturated rings. The number of hydrogen-bond acceptors (Lipinski definition) is 4. The lowest BCUT2D eigenvalue weighted by molar-refractivity contribution is -0.122. The Morgan fingerprint density at radius 3 is 2.58 bits per heavy atom. The van der Waals surface area contributed by atoms with E-state index in [4.69, 9.17) is 23.2 Å². The van der Waals surface area contributed by atoms with Crippen molar-refractivity contribution in [2.75, 3.05) is 10.6 Å². The van der Waals surface area contributed by atoms with Crippen molar-refractivity contribution < 1.29 is 14.0 Å². The number of hydrogen-bond donors (Lipinski definition) is 4. The average Bonchev–Trinajstić information content (AvgIpc) is 3.29. The first-order valence-electron chi connectivity index (χ1n) is 12.2. The molecule has 3 aromatic rings. The Kier molecular flexibility index (Phi) is 6.62. The highest BCUT2D eigenvalue weighted by Gasteiger charge is 2.66. The van der Waals surface area contributed by atoms with Gasteiger partial charge in [0.25, 0.3) is 0 Å². The van der Waals surface area contributed by atoms with Gasteiger partial charge in [0.15, 0.2) is 0 Å². The van der Waals surface area contributed by atoms with Crippen LogP contribution in [-0.4, -0.2) is 28.9 Å². The summed E-state index contributed by atoms with van der Waals surface area (Å²) in [6.45, 7) is 6.11. The van der Waals surface area contributed by atoms with Gasteiger partial charge in [-0.25, -0.2) is 4.39 Å². The summed E-state index contributed by atoms with van der Waals surface area (Å²) in [6.07, 6.45) is 1.92. The molecule has 0 aliphatic carbocycles. The molecule has 5 rings (SSSR count). The zero-order valence-electron chi connectivity index (χ0n) is 21.0. The molecule has 0 radical (unpaired) electrons. The molecule has 198 valence electrons. The van der Waals surface area contributed by atoms with Gasteiger partial charge in [-0.1, -0.05) is 62.2 Å². The van der Waals surface area contributed by atoms with Gasteiger partial charge in [-0.2, -0.15) is 0 Å². The standard InChI is InChI=1S/C28H27Cl2FN4O3/c1-27(2,3)13-20-28(17-8-7-14(29)11-19(17)34-26(28)38)22(16-5-4-6-18(30)23(16)31)24(35-20)25(37)33-15-9-10-32-21(36)12-15/h4-12,20,22,24,35H,13H2,1-3H3,(H,34,38)(H2,32,33,36,37)/t20-,22+,24+,28?/m0/s1. The summed E-state index contributed by atoms with van der Waals surface area (Å²) in [7, 11) is 0. The van der Waals surface area contributed by atoms with Gasteiger partial charge in [-0.3, -0.25) is 14.4 Å². The summed E-state index contributed by atoms with van der Waals surface area (Å²) in [5.41, 5.74) is -0.420. The van der Waals surface area contributed by atoms with Crippen molar-refractivity contribution in [2.24, 2.45) is 5.41 Å². The first-order valence-corrected chi connectivity index (χ1v) is 13.0. The van der Waals surface area contributed by atoms with Crippen molar-refractivity contribution in [2.45, 2.75) is 50.6 Å². The van der Waals surface area contributed by atoms with Crippen LogP contribution in [0.4, 0.5) is 15.8 Å². The Hall–Kier alpha value is -3.20. The van der Waals surface area contributed by atoms with E-state index in [1.54, 1.807) is 36.4 Å². The molecule has 1 aromatic heterocycles. The normalized spacial score (nSPS) is 24.4. The average molecular weight is 557 g/mol. The van der Waals surface area contributed by atoms with Gasteiger partial charge in [0.05, 0.1) is 11.1 Å². The van der Waals surface area contributed by atoms with Crippen molar-refractivity contribution in [1.82, 2.24) is 10.3 Å². The number of amides is 2. The van der Waals surface area contributed by atoms with Crippen molar-refractivity contribution in [3.8, 4) is 0 Å². The molecule has 38 heavy (non-hydrogen) atoms. The van der Waals surface area contributed by atoms with Crippen LogP contribution in [0.15, 0.2) is 59.5 Å². The third-order valence-corrected chi connectivity index (χ3v) is 7.79. The molecule has 4 atom stereocenters. The fourth-order valence-electron chi connectivity index (χ4n) is 5.89. The van der Waals surface area contributed by atoms with Gasteiger partial charge in [0.2, 0.25) is 17.4 Å². The predicted octanol–water partition coefficient (Wildman–Crippen LogP) is 5.21. The number of pyridine rings is 1. The maximum atomic E-state index is 15.7. The smallest absolute Gasteiger partial charge is 0.249 e. The number of benzene rings is 2. The minimum absolute atomic E-state index is 0.111. The van der Waals surface area contributed by atoms with Gasteiger partial charge in [-0.15, -0.1) is 0 Å². The monoisotopic (exact) mass is 556 g/mol. The minimum atomic E-state index is -1.35. The number of nitrogens with one attached hydrogen (secondary N) is 4. The van der Waals surface area contributed by atoms with Crippen LogP contribution in [-0.2, 0) is 15.0 Å². The molecule has 7 nitrogen and oxygen atoms in total. The number of anilines is 2. The molecule has 3 heterocycles. The lowest BCUT2D eigenvalue weighted by Crippen LogP contribution is -2.49. The Balaban J connectivity index is 1.74. The Morgan fingerprint density at radius 2 is 1.87 bits per heavy atom. The second-order valence-electron chi connectivity index (χ2n) is 11.0. The van der Waals surface area contributed by atoms with Crippen LogP contribution < -0.4 is 21.5 Å². The van der Waals surface area contributed by atoms with Crippen LogP contribution in [0.1, 0.15) is 44.2 Å². The van der Waals surface area contributed by atoms with Gasteiger partial charge in [0.1, 0.15) is 11.2 Å². The highest BCUT2D eigenvalue weighted by molar-refractivity contribution is 6.31. The number of aromatic amines is 1. The second-order valence-corrected chi connectivity index (χ2v) is 11.9. The van der Waals surface area contributed by atoms with Gasteiger partial charge >= 0.3 is 0 Å². The highest BCUT2D eigenvalue weighted by Crippen LogP contribution is 2.57. The lowest BCUT2D eigenvalue weighted by Gasteiger charge is -2.37. The number of aromatic nitrogens is 1. The fraction of sp³-hybridized carbons (Fsp3) is 0.321. The number of rotatable bonds is 4. The van der Waals surface area contributed by atoms with Crippen molar-refractivity contribution in [3.63, 3.8) is 0 Å². The zero-order valence-corrected chi connectivity index (χ0v) is 22.5. The third kappa shape index (κ3) is 4.40. The molecule has 0 saturated carbocycles. The van der Waals surface area contributed by atoms with Crippen LogP contribution in [0.2, 0.25) is 10.0 Å². The summed E-state index contributed by atoms with van der Waals surface area (Å²) in [5.74, 6) is -2.53. The summed E-state index contributed by atoms with van der Waals surface area (Å²) in [4.78, 5) is 42.3. The number of H-pyrrole nitrogens is 1. The van der Waals surface area contributed by atoms with E-state index in [1.165, 1.54) is 18.3 Å². The molecule has 2 aromatic carbocycles. The molecular formula is C28H27Cl2FN4O3. The molecule has 4 N–H and O–H groups in total. The topological polar surface area (TPSA) is 103 Å². The van der Waals surface area contributed by atoms with Crippen molar-refractivity contribution >= 4 is 46.4 Å². The van der Waals surface area contributed by atoms with E-state index in [-0.39, 0.29) is 33.2 Å². The van der Waals surface area contributed by atoms with Gasteiger partial charge in [-0.05, 0) is 47.2 Å². The summed E-state index contributed by atoms with van der Waals surface area (Å²) in [5, 5.41) is 9.43. The molecular weight excluding hydrogens is 530 g/mol. The quantitative estimate of drug-likeness (QED) is 0.354. The van der Waals surface area contributed by atoms with Crippen LogP contribution in [0.3, 0.4) is 0 Å². The van der Waals surface area contributed by atoms with Crippen LogP contribution in [0, 0.1) is 11.2 Å². The summed E-state index contributed by atoms with van der Waals surface area (Å²) >= 11 is 12.5. The summed E-state index contributed by atoms with van der Waals surface area (Å²) in [6, 6.07) is 10.9. The van der Waals surface area contributed by atoms with E-state index < -0.39 is 35.1 Å². The Morgan fingerprint density at radius 1 is 1.11 bits per heavy atom. The van der Waals surface area contributed by atoms with E-state index in [0.717, 1.165) is 0 Å². The van der Waals surface area contributed by atoms with E-state index in [0.29, 0.717) is 22.7 Å². The molecule has 2 amide bonds. The van der Waals surface area contributed by atoms with Gasteiger partial charge < -0.3 is 20.9 Å². The van der Waals surface area contributed by atoms with E-state index in [2.05, 4.69) is 20.9 Å². The van der Waals surface area contributed by atoms with Crippen LogP contribution in [0.25, 0.3) is 0 Å². The van der Waals surface area contributed by atoms with E-state index >= 15 is 4.39 Å². The summed E-state index contributed by atoms with van der Waals surface area (Å²) < 4.78 is 15.7. The van der Waals surface area contributed by atoms with Crippen molar-refractivity contribution in [1.29, 1.82) is 0 Å². The molecule has 2 aliphatic heterocycles. The number of fused-ring (bicyclic) bond motifs is 2. The first-order chi connectivity index (χ1) is 17.9. The maximum Gasteiger partial charge on any atom is 0.249 e. The van der Waals surface area contributed by atoms with E-state index in [1.807, 2.05) is 20.8 Å². The SMILES string of the molecule is CC(C)(C)C[C@@H]1N[C@@H](C(=O)Nc2cc[nH]c(=O)c2)[C@@H](c2cccc(Cl)c2F)C12C(=O)Nc1cc(Cl)ccc12. The number of carbonyl (C=O) groups excluding carboxylic acids is 2. The largest absolute Gasteiger partial charge is 0.329 e. The first kappa shape index (κ1) is 26.4. The Bertz CT molecular complexity index is 1500. The molecule has 2 aliphatic rings. The predicted molar refractivity (Wildman–Crippen MR) is 146 cm³/mol. The van der Waals surface area contributed by atoms with Crippen LogP contribution >= 0.6 is 23.2 Å². The van der Waals surface area contributed by atoms with Gasteiger partial charge in [0, 0.05) is 40.6 Å². The molecule has 10 heteroatoms.